The molecule has 1 aromatic rings. The molecule has 0 spiro atoms. The molecule has 0 bridgehead atoms. The zero-order valence-corrected chi connectivity index (χ0v) is 10.7. The molecule has 1 heterocycles. The van der Waals surface area contributed by atoms with Gasteiger partial charge < -0.3 is 15.6 Å². The molecule has 17 heavy (non-hydrogen) atoms. The lowest BCUT2D eigenvalue weighted by Gasteiger charge is -1.93. The van der Waals surface area contributed by atoms with Crippen LogP contribution in [0.1, 0.15) is 25.4 Å². The van der Waals surface area contributed by atoms with E-state index in [2.05, 4.69) is 31.5 Å². The second-order valence-corrected chi connectivity index (χ2v) is 2.63. The molecule has 1 rings (SSSR count). The number of imidazole rings is 1. The van der Waals surface area contributed by atoms with Gasteiger partial charge in [0.2, 0.25) is 0 Å². The van der Waals surface area contributed by atoms with Crippen LogP contribution < -0.4 is 5.73 Å². The quantitative estimate of drug-likeness (QED) is 0.615. The molecule has 94 valence electrons. The van der Waals surface area contributed by atoms with Gasteiger partial charge in [0.05, 0.1) is 0 Å². The monoisotopic (exact) mass is 237 g/mol. The number of rotatable bonds is 4. The van der Waals surface area contributed by atoms with Crippen LogP contribution in [0, 0.1) is 0 Å². The highest BCUT2D eigenvalue weighted by Crippen LogP contribution is 2.07. The number of allylic oxidation sites excluding steroid dienone is 1. The Bertz CT molecular complexity index is 406. The third kappa shape index (κ3) is 4.10. The maximum atomic E-state index is 5.65. The van der Waals surface area contributed by atoms with E-state index in [0.717, 1.165) is 0 Å². The van der Waals surface area contributed by atoms with Gasteiger partial charge >= 0.3 is 0 Å². The van der Waals surface area contributed by atoms with Crippen molar-refractivity contribution in [3.8, 4) is 0 Å². The number of nitrogens with one attached hydrogen (secondary N) is 1. The molecule has 0 saturated heterocycles. The smallest absolute Gasteiger partial charge is 0.162 e. The molecule has 0 aromatic carbocycles. The highest BCUT2D eigenvalue weighted by Gasteiger charge is 2.09. The Hall–Kier alpha value is -2.11. The molecule has 0 unspecified atom stereocenters. The first-order chi connectivity index (χ1) is 8.22. The Morgan fingerprint density at radius 2 is 2.18 bits per heavy atom. The summed E-state index contributed by atoms with van der Waals surface area (Å²) in [7, 11) is 3.10. The van der Waals surface area contributed by atoms with E-state index in [1.54, 1.807) is 13.3 Å². The number of H-pyrrole nitrogens is 1. The highest BCUT2D eigenvalue weighted by atomic mass is 16.6. The molecule has 6 heteroatoms. The SMILES string of the molecule is C=C/C(=N\OC)c1nc(N)c(C=NC)[nH]1.CC. The van der Waals surface area contributed by atoms with Gasteiger partial charge in [-0.05, 0) is 6.08 Å². The Morgan fingerprint density at radius 1 is 1.53 bits per heavy atom. The van der Waals surface area contributed by atoms with Crippen LogP contribution in [0.25, 0.3) is 0 Å². The topological polar surface area (TPSA) is 88.7 Å². The van der Waals surface area contributed by atoms with Crippen molar-refractivity contribution < 1.29 is 4.84 Å². The maximum absolute atomic E-state index is 5.65. The fourth-order valence-electron chi connectivity index (χ4n) is 1.02. The molecule has 0 saturated carbocycles. The van der Waals surface area contributed by atoms with E-state index >= 15 is 0 Å². The van der Waals surface area contributed by atoms with Crippen molar-refractivity contribution in [2.45, 2.75) is 13.8 Å². The van der Waals surface area contributed by atoms with Gasteiger partial charge in [-0.15, -0.1) is 0 Å². The average molecular weight is 237 g/mol. The van der Waals surface area contributed by atoms with Crippen LogP contribution in [0.15, 0.2) is 22.8 Å². The zero-order valence-electron chi connectivity index (χ0n) is 10.7. The molecule has 0 fully saturated rings. The summed E-state index contributed by atoms with van der Waals surface area (Å²) in [6, 6.07) is 0. The lowest BCUT2D eigenvalue weighted by molar-refractivity contribution is 0.214. The van der Waals surface area contributed by atoms with Gasteiger partial charge in [-0.2, -0.15) is 0 Å². The maximum Gasteiger partial charge on any atom is 0.162 e. The third-order valence-corrected chi connectivity index (χ3v) is 1.65. The first-order valence-electron chi connectivity index (χ1n) is 5.24. The van der Waals surface area contributed by atoms with Crippen molar-refractivity contribution in [3.63, 3.8) is 0 Å². The van der Waals surface area contributed by atoms with Crippen LogP contribution in [-0.2, 0) is 4.84 Å². The summed E-state index contributed by atoms with van der Waals surface area (Å²) >= 11 is 0. The van der Waals surface area contributed by atoms with Gasteiger partial charge in [0.15, 0.2) is 11.6 Å². The number of aromatic nitrogens is 2. The molecular weight excluding hydrogens is 218 g/mol. The minimum absolute atomic E-state index is 0.362. The summed E-state index contributed by atoms with van der Waals surface area (Å²) in [5, 5.41) is 3.73. The number of hydrogen-bond acceptors (Lipinski definition) is 5. The molecule has 0 aliphatic rings. The van der Waals surface area contributed by atoms with Gasteiger partial charge in [0.25, 0.3) is 0 Å². The molecule has 3 N–H and O–H groups in total. The van der Waals surface area contributed by atoms with Crippen molar-refractivity contribution >= 4 is 17.7 Å². The fourth-order valence-corrected chi connectivity index (χ4v) is 1.02. The van der Waals surface area contributed by atoms with Crippen LogP contribution in [0.4, 0.5) is 5.82 Å². The number of nitrogens with two attached hydrogens (primary N) is 1. The first-order valence-corrected chi connectivity index (χ1v) is 5.24. The minimum Gasteiger partial charge on any atom is -0.399 e. The van der Waals surface area contributed by atoms with E-state index in [1.807, 2.05) is 13.8 Å². The van der Waals surface area contributed by atoms with E-state index in [4.69, 9.17) is 5.73 Å². The van der Waals surface area contributed by atoms with Gasteiger partial charge in [0, 0.05) is 13.3 Å². The van der Waals surface area contributed by atoms with Crippen LogP contribution in [0.3, 0.4) is 0 Å². The van der Waals surface area contributed by atoms with Crippen molar-refractivity contribution in [2.24, 2.45) is 10.1 Å². The summed E-state index contributed by atoms with van der Waals surface area (Å²) in [4.78, 5) is 15.5. The fraction of sp³-hybridized carbons (Fsp3) is 0.364. The van der Waals surface area contributed by atoms with Crippen molar-refractivity contribution in [1.29, 1.82) is 0 Å². The molecule has 0 aliphatic heterocycles. The Kier molecular flexibility index (Phi) is 7.09. The average Bonchev–Trinajstić information content (AvgIpc) is 2.71. The molecule has 0 amide bonds. The predicted octanol–water partition coefficient (Wildman–Crippen LogP) is 1.60. The number of anilines is 1. The van der Waals surface area contributed by atoms with E-state index in [-0.39, 0.29) is 0 Å². The Labute approximate surface area is 101 Å². The summed E-state index contributed by atoms with van der Waals surface area (Å²) in [5.41, 5.74) is 6.78. The first kappa shape index (κ1) is 14.9. The van der Waals surface area contributed by atoms with E-state index in [9.17, 15) is 0 Å². The standard InChI is InChI=1S/C9H13N5O.C2H6/c1-4-6(14-15-3)9-12-7(5-11-2)8(10)13-9;1-2/h4-5H,1,10H2,2-3H3,(H,12,13);1-2H3/b11-5?,14-6+;. The predicted molar refractivity (Wildman–Crippen MR) is 71.6 cm³/mol. The van der Waals surface area contributed by atoms with Crippen LogP contribution in [0.5, 0.6) is 0 Å². The van der Waals surface area contributed by atoms with E-state index in [1.165, 1.54) is 13.2 Å². The van der Waals surface area contributed by atoms with Gasteiger partial charge in [0.1, 0.15) is 18.5 Å². The normalized spacial score (nSPS) is 10.9. The van der Waals surface area contributed by atoms with Crippen molar-refractivity contribution in [1.82, 2.24) is 9.97 Å². The van der Waals surface area contributed by atoms with Crippen molar-refractivity contribution in [3.05, 3.63) is 24.2 Å². The Morgan fingerprint density at radius 3 is 2.65 bits per heavy atom. The van der Waals surface area contributed by atoms with Crippen molar-refractivity contribution in [2.75, 3.05) is 19.9 Å². The molecule has 0 aliphatic carbocycles. The van der Waals surface area contributed by atoms with Crippen LogP contribution >= 0.6 is 0 Å². The van der Waals surface area contributed by atoms with Gasteiger partial charge in [-0.25, -0.2) is 4.98 Å². The third-order valence-electron chi connectivity index (χ3n) is 1.65. The van der Waals surface area contributed by atoms with E-state index in [0.29, 0.717) is 23.0 Å². The second kappa shape index (κ2) is 8.09. The number of hydrogen-bond donors (Lipinski definition) is 2. The molecule has 0 radical (unpaired) electrons. The number of aromatic amines is 1. The van der Waals surface area contributed by atoms with Gasteiger partial charge in [-0.3, -0.25) is 4.99 Å². The molecular formula is C11H19N5O. The second-order valence-electron chi connectivity index (χ2n) is 2.63. The highest BCUT2D eigenvalue weighted by molar-refractivity contribution is 6.06. The molecule has 6 nitrogen and oxygen atoms in total. The summed E-state index contributed by atoms with van der Waals surface area (Å²) < 4.78 is 0. The molecule has 0 atom stereocenters. The number of aliphatic imine (C=N–C) groups is 1. The largest absolute Gasteiger partial charge is 0.399 e. The zero-order chi connectivity index (χ0) is 13.3. The minimum atomic E-state index is 0.362. The van der Waals surface area contributed by atoms with Crippen LogP contribution in [-0.4, -0.2) is 36.1 Å². The van der Waals surface area contributed by atoms with E-state index < -0.39 is 0 Å². The van der Waals surface area contributed by atoms with Crippen LogP contribution in [0.2, 0.25) is 0 Å². The summed E-state index contributed by atoms with van der Waals surface area (Å²) in [5.74, 6) is 0.862. The summed E-state index contributed by atoms with van der Waals surface area (Å²) in [6.07, 6.45) is 3.11. The Balaban J connectivity index is 0.00000121. The number of oxime groups is 1. The lowest BCUT2D eigenvalue weighted by Crippen LogP contribution is -2.00. The number of nitrogen functional groups attached to an aromatic ring is 1. The molecule has 1 aromatic heterocycles. The van der Waals surface area contributed by atoms with Gasteiger partial charge in [-0.1, -0.05) is 25.6 Å². The number of nitrogens with zero attached hydrogens (tertiary/aromatic N) is 3. The summed E-state index contributed by atoms with van der Waals surface area (Å²) in [6.45, 7) is 7.60. The lowest BCUT2D eigenvalue weighted by atomic mass is 10.3.